The van der Waals surface area contributed by atoms with E-state index in [0.717, 1.165) is 57.0 Å². The molecule has 0 amide bonds. The summed E-state index contributed by atoms with van der Waals surface area (Å²) in [5.41, 5.74) is 1.64. The lowest BCUT2D eigenvalue weighted by molar-refractivity contribution is 0.0322. The molecule has 3 aromatic rings. The fraction of sp³-hybridized carbons (Fsp3) is 0.545. The lowest BCUT2D eigenvalue weighted by atomic mass is 10.1. The Labute approximate surface area is 192 Å². The van der Waals surface area contributed by atoms with Crippen LogP contribution in [0.1, 0.15) is 43.1 Å². The Morgan fingerprint density at radius 2 is 1.94 bits per heavy atom. The van der Waals surface area contributed by atoms with Crippen molar-refractivity contribution in [2.24, 2.45) is 0 Å². The number of aromatic amines is 1. The number of H-pyrrole nitrogens is 1. The van der Waals surface area contributed by atoms with Crippen molar-refractivity contribution in [2.75, 3.05) is 39.5 Å². The Hall–Kier alpha value is -2.49. The van der Waals surface area contributed by atoms with Gasteiger partial charge in [-0.3, -0.25) is 9.69 Å². The summed E-state index contributed by atoms with van der Waals surface area (Å²) in [6, 6.07) is 8.20. The molecule has 0 atom stereocenters. The van der Waals surface area contributed by atoms with E-state index in [9.17, 15) is 4.79 Å². The van der Waals surface area contributed by atoms with Gasteiger partial charge in [0.05, 0.1) is 19.3 Å². The van der Waals surface area contributed by atoms with Crippen molar-refractivity contribution in [3.63, 3.8) is 0 Å². The summed E-state index contributed by atoms with van der Waals surface area (Å²) in [6.45, 7) is 4.93. The standard InChI is InChI=1S/C22H28N6O3.ClH/c29-22-20-21(28(26-25-20)17-6-2-3-7-17)23-19(24-22)15-16-5-1-4-8-18(16)31-14-11-27-9-12-30-13-10-27;/h1,4-5,8,17H,2-3,6-7,9-15H2,(H,23,24,29);1H. The summed E-state index contributed by atoms with van der Waals surface area (Å²) in [4.78, 5) is 22.5. The molecule has 1 aromatic carbocycles. The van der Waals surface area contributed by atoms with Crippen LogP contribution in [-0.4, -0.2) is 69.3 Å². The van der Waals surface area contributed by atoms with Gasteiger partial charge >= 0.3 is 0 Å². The number of hydrogen-bond donors (Lipinski definition) is 1. The molecule has 1 aliphatic heterocycles. The zero-order valence-electron chi connectivity index (χ0n) is 18.0. The second-order valence-corrected chi connectivity index (χ2v) is 8.24. The topological polar surface area (TPSA) is 98.2 Å². The van der Waals surface area contributed by atoms with E-state index in [1.165, 1.54) is 12.8 Å². The molecule has 10 heteroatoms. The normalized spacial score (nSPS) is 17.5. The number of halogens is 1. The van der Waals surface area contributed by atoms with Gasteiger partial charge < -0.3 is 14.5 Å². The molecule has 5 rings (SSSR count). The van der Waals surface area contributed by atoms with Crippen LogP contribution < -0.4 is 10.3 Å². The van der Waals surface area contributed by atoms with Crippen LogP contribution in [0, 0.1) is 0 Å². The zero-order chi connectivity index (χ0) is 21.0. The number of morpholine rings is 1. The van der Waals surface area contributed by atoms with Crippen molar-refractivity contribution in [1.29, 1.82) is 0 Å². The lowest BCUT2D eigenvalue weighted by Gasteiger charge is -2.26. The third kappa shape index (κ3) is 4.95. The van der Waals surface area contributed by atoms with E-state index in [-0.39, 0.29) is 24.0 Å². The molecular formula is C22H29ClN6O3. The highest BCUT2D eigenvalue weighted by atomic mass is 35.5. The van der Waals surface area contributed by atoms with E-state index in [4.69, 9.17) is 14.5 Å². The first-order chi connectivity index (χ1) is 15.3. The van der Waals surface area contributed by atoms with Crippen molar-refractivity contribution in [1.82, 2.24) is 29.9 Å². The average Bonchev–Trinajstić information content (AvgIpc) is 3.46. The zero-order valence-corrected chi connectivity index (χ0v) is 18.9. The predicted molar refractivity (Wildman–Crippen MR) is 123 cm³/mol. The van der Waals surface area contributed by atoms with E-state index in [0.29, 0.717) is 30.0 Å². The molecule has 1 N–H and O–H groups in total. The van der Waals surface area contributed by atoms with Gasteiger partial charge in [0.1, 0.15) is 18.2 Å². The molecule has 3 heterocycles. The van der Waals surface area contributed by atoms with Crippen LogP contribution >= 0.6 is 12.4 Å². The lowest BCUT2D eigenvalue weighted by Crippen LogP contribution is -2.38. The second kappa shape index (κ2) is 10.4. The first-order valence-electron chi connectivity index (χ1n) is 11.1. The highest BCUT2D eigenvalue weighted by Crippen LogP contribution is 2.30. The van der Waals surface area contributed by atoms with Crippen molar-refractivity contribution in [3.05, 3.63) is 46.0 Å². The number of fused-ring (bicyclic) bond motifs is 1. The van der Waals surface area contributed by atoms with Crippen LogP contribution in [0.4, 0.5) is 0 Å². The highest BCUT2D eigenvalue weighted by molar-refractivity contribution is 5.85. The molecule has 0 unspecified atom stereocenters. The maximum Gasteiger partial charge on any atom is 0.281 e. The fourth-order valence-electron chi connectivity index (χ4n) is 4.44. The molecule has 2 fully saturated rings. The first-order valence-corrected chi connectivity index (χ1v) is 11.1. The number of nitrogens with zero attached hydrogens (tertiary/aromatic N) is 5. The first kappa shape index (κ1) is 22.7. The van der Waals surface area contributed by atoms with E-state index in [1.807, 2.05) is 28.9 Å². The minimum absolute atomic E-state index is 0. The molecule has 9 nitrogen and oxygen atoms in total. The molecule has 2 aromatic heterocycles. The molecule has 1 saturated carbocycles. The number of ether oxygens (including phenoxy) is 2. The van der Waals surface area contributed by atoms with Crippen LogP contribution in [0.3, 0.4) is 0 Å². The molecule has 0 radical (unpaired) electrons. The van der Waals surface area contributed by atoms with E-state index >= 15 is 0 Å². The molecule has 2 aliphatic rings. The molecule has 172 valence electrons. The third-order valence-corrected chi connectivity index (χ3v) is 6.15. The maximum atomic E-state index is 12.6. The van der Waals surface area contributed by atoms with Crippen LogP contribution in [0.15, 0.2) is 29.1 Å². The van der Waals surface area contributed by atoms with E-state index in [2.05, 4.69) is 20.2 Å². The number of hydrogen-bond acceptors (Lipinski definition) is 7. The minimum atomic E-state index is -0.241. The minimum Gasteiger partial charge on any atom is -0.492 e. The van der Waals surface area contributed by atoms with Crippen molar-refractivity contribution in [2.45, 2.75) is 38.1 Å². The van der Waals surface area contributed by atoms with Crippen molar-refractivity contribution in [3.8, 4) is 5.75 Å². The molecule has 0 bridgehead atoms. The summed E-state index contributed by atoms with van der Waals surface area (Å²) in [5, 5.41) is 8.32. The van der Waals surface area contributed by atoms with Gasteiger partial charge in [-0.1, -0.05) is 36.3 Å². The van der Waals surface area contributed by atoms with E-state index in [1.54, 1.807) is 0 Å². The van der Waals surface area contributed by atoms with Gasteiger partial charge in [-0.15, -0.1) is 17.5 Å². The van der Waals surface area contributed by atoms with Gasteiger partial charge in [0, 0.05) is 31.6 Å². The SMILES string of the molecule is Cl.O=c1[nH]c(Cc2ccccc2OCCN2CCOCC2)nc2c1nnn2C1CCCC1. The van der Waals surface area contributed by atoms with Gasteiger partial charge in [0.25, 0.3) is 5.56 Å². The Kier molecular flexibility index (Phi) is 7.39. The fourth-order valence-corrected chi connectivity index (χ4v) is 4.44. The quantitative estimate of drug-likeness (QED) is 0.577. The Morgan fingerprint density at radius 1 is 1.16 bits per heavy atom. The largest absolute Gasteiger partial charge is 0.492 e. The second-order valence-electron chi connectivity index (χ2n) is 8.24. The van der Waals surface area contributed by atoms with Gasteiger partial charge in [0.2, 0.25) is 0 Å². The van der Waals surface area contributed by atoms with Gasteiger partial charge in [-0.25, -0.2) is 9.67 Å². The summed E-state index contributed by atoms with van der Waals surface area (Å²) >= 11 is 0. The highest BCUT2D eigenvalue weighted by Gasteiger charge is 2.22. The summed E-state index contributed by atoms with van der Waals surface area (Å²) in [6.07, 6.45) is 4.95. The Morgan fingerprint density at radius 3 is 2.75 bits per heavy atom. The van der Waals surface area contributed by atoms with E-state index < -0.39 is 0 Å². The summed E-state index contributed by atoms with van der Waals surface area (Å²) in [7, 11) is 0. The Balaban J connectivity index is 0.00000245. The molecule has 1 saturated heterocycles. The van der Waals surface area contributed by atoms with Crippen LogP contribution in [-0.2, 0) is 11.2 Å². The smallest absolute Gasteiger partial charge is 0.281 e. The number of aromatic nitrogens is 5. The van der Waals surface area contributed by atoms with Crippen LogP contribution in [0.2, 0.25) is 0 Å². The molecule has 0 spiro atoms. The average molecular weight is 461 g/mol. The number of benzene rings is 1. The number of nitrogens with one attached hydrogen (secondary N) is 1. The predicted octanol–water partition coefficient (Wildman–Crippen LogP) is 2.35. The van der Waals surface area contributed by atoms with Crippen molar-refractivity contribution >= 4 is 23.6 Å². The van der Waals surface area contributed by atoms with Gasteiger partial charge in [0.15, 0.2) is 11.2 Å². The van der Waals surface area contributed by atoms with Gasteiger partial charge in [-0.05, 0) is 18.9 Å². The maximum absolute atomic E-state index is 12.6. The van der Waals surface area contributed by atoms with Gasteiger partial charge in [-0.2, -0.15) is 0 Å². The molecular weight excluding hydrogens is 432 g/mol. The molecule has 1 aliphatic carbocycles. The Bertz CT molecular complexity index is 1090. The number of rotatable bonds is 7. The summed E-state index contributed by atoms with van der Waals surface area (Å²) < 4.78 is 13.3. The monoisotopic (exact) mass is 460 g/mol. The number of para-hydroxylation sites is 1. The third-order valence-electron chi connectivity index (χ3n) is 6.15. The molecule has 32 heavy (non-hydrogen) atoms. The summed E-state index contributed by atoms with van der Waals surface area (Å²) in [5.74, 6) is 1.42. The van der Waals surface area contributed by atoms with Crippen molar-refractivity contribution < 1.29 is 9.47 Å². The van der Waals surface area contributed by atoms with Crippen LogP contribution in [0.25, 0.3) is 11.2 Å². The van der Waals surface area contributed by atoms with Crippen LogP contribution in [0.5, 0.6) is 5.75 Å².